The number of hydrogen-bond acceptors (Lipinski definition) is 6. The Morgan fingerprint density at radius 1 is 1.07 bits per heavy atom. The lowest BCUT2D eigenvalue weighted by Crippen LogP contribution is -2.39. The van der Waals surface area contributed by atoms with E-state index in [1.165, 1.54) is 0 Å². The molecular formula is C37H46N4O5+4. The second-order valence-electron chi connectivity index (χ2n) is 12.6. The van der Waals surface area contributed by atoms with Gasteiger partial charge in [0.05, 0.1) is 11.2 Å². The molecule has 1 unspecified atom stereocenters. The molecule has 2 amide bonds. The van der Waals surface area contributed by atoms with E-state index in [-0.39, 0.29) is 35.7 Å². The molecule has 1 saturated heterocycles. The van der Waals surface area contributed by atoms with Crippen molar-refractivity contribution in [2.45, 2.75) is 72.4 Å². The van der Waals surface area contributed by atoms with Crippen LogP contribution in [-0.4, -0.2) is 42.7 Å². The number of carbonyl (C=O) groups excluding carboxylic acids is 2. The average Bonchev–Trinajstić information content (AvgIpc) is 3.26. The number of anilines is 2. The normalized spacial score (nSPS) is 18.3. The van der Waals surface area contributed by atoms with Crippen LogP contribution in [0.5, 0.6) is 0 Å². The minimum absolute atomic E-state index is 0. The molecular weight excluding hydrogens is 580 g/mol. The molecule has 1 spiro atoms. The number of rotatable bonds is 7. The number of allylic oxidation sites excluding steroid dienone is 2. The topological polar surface area (TPSA) is 113 Å². The van der Waals surface area contributed by atoms with Gasteiger partial charge in [-0.2, -0.15) is 0 Å². The molecule has 2 aromatic carbocycles. The first-order valence-corrected chi connectivity index (χ1v) is 16.0. The molecule has 0 bridgehead atoms. The standard InChI is InChI=1S/C37H42N4O5/c1-7-41(28-15-23(4)46-24(5)16-28)33-19-27(26-8-9-31-32(18-26)40-36(44)37(31)10-12-45-13-11-37)17-29(25(33)6)34(42)38-20-30-21(2)14-22(3)39-35(30)43/h8-9,14-19,23H,7,10-13,20H2,1-6H3,(H,38,42)(H,39,43)(H,40,44)/p+4. The van der Waals surface area contributed by atoms with Gasteiger partial charge in [0.15, 0.2) is 0 Å². The SMILES string of the molecule is CCN(C1=CC(C)OC(C)=C1)c1cc(-c2ccc3c(c2)NC(=O)C32CCOCC2)cc(C(=O)NCc2c(C)cc(C)[nH]c2=O)c1C.[H+].[H+].[H+].[H+]. The molecule has 3 aliphatic rings. The number of aromatic amines is 1. The third-order valence-corrected chi connectivity index (χ3v) is 9.49. The van der Waals surface area contributed by atoms with Crippen molar-refractivity contribution in [3.63, 3.8) is 0 Å². The highest BCUT2D eigenvalue weighted by Crippen LogP contribution is 2.46. The summed E-state index contributed by atoms with van der Waals surface area (Å²) in [6, 6.07) is 12.0. The maximum Gasteiger partial charge on any atom is 1.00 e. The van der Waals surface area contributed by atoms with Gasteiger partial charge in [0.2, 0.25) is 5.91 Å². The van der Waals surface area contributed by atoms with E-state index in [9.17, 15) is 14.4 Å². The minimum atomic E-state index is -0.559. The molecule has 3 aromatic rings. The van der Waals surface area contributed by atoms with E-state index in [0.29, 0.717) is 43.7 Å². The van der Waals surface area contributed by atoms with Gasteiger partial charge in [0.1, 0.15) is 6.10 Å². The number of likely N-dealkylation sites (N-methyl/N-ethyl adjacent to an activating group) is 1. The number of benzene rings is 2. The number of aromatic nitrogens is 1. The van der Waals surface area contributed by atoms with Crippen molar-refractivity contribution in [2.24, 2.45) is 0 Å². The Hall–Kier alpha value is -4.63. The van der Waals surface area contributed by atoms with Crippen molar-refractivity contribution in [3.8, 4) is 11.1 Å². The summed E-state index contributed by atoms with van der Waals surface area (Å²) >= 11 is 0. The summed E-state index contributed by atoms with van der Waals surface area (Å²) in [6.07, 6.45) is 5.31. The van der Waals surface area contributed by atoms with Crippen LogP contribution < -0.4 is 21.1 Å². The Morgan fingerprint density at radius 2 is 1.83 bits per heavy atom. The van der Waals surface area contributed by atoms with Gasteiger partial charge in [-0.25, -0.2) is 0 Å². The van der Waals surface area contributed by atoms with Crippen molar-refractivity contribution in [1.82, 2.24) is 10.3 Å². The van der Waals surface area contributed by atoms with E-state index in [4.69, 9.17) is 9.47 Å². The monoisotopic (exact) mass is 626 g/mol. The Morgan fingerprint density at radius 3 is 2.52 bits per heavy atom. The molecule has 240 valence electrons. The summed E-state index contributed by atoms with van der Waals surface area (Å²) in [5.41, 5.74) is 8.14. The van der Waals surface area contributed by atoms with Crippen LogP contribution in [0.25, 0.3) is 11.1 Å². The quantitative estimate of drug-likeness (QED) is 0.281. The second-order valence-corrected chi connectivity index (χ2v) is 12.6. The van der Waals surface area contributed by atoms with Gasteiger partial charge in [-0.15, -0.1) is 0 Å². The maximum absolute atomic E-state index is 13.9. The molecule has 0 saturated carbocycles. The maximum atomic E-state index is 13.9. The first-order chi connectivity index (χ1) is 22.0. The number of carbonyl (C=O) groups is 2. The van der Waals surface area contributed by atoms with Crippen LogP contribution >= 0.6 is 0 Å². The summed E-state index contributed by atoms with van der Waals surface area (Å²) in [5, 5.41) is 6.14. The average molecular weight is 627 g/mol. The Labute approximate surface area is 275 Å². The van der Waals surface area contributed by atoms with Crippen LogP contribution in [0.3, 0.4) is 0 Å². The molecule has 9 heteroatoms. The van der Waals surface area contributed by atoms with Gasteiger partial charge in [-0.05, 0) is 119 Å². The van der Waals surface area contributed by atoms with Crippen LogP contribution in [0.2, 0.25) is 0 Å². The van der Waals surface area contributed by atoms with Crippen LogP contribution in [0.1, 0.15) is 77.6 Å². The fraction of sp³-hybridized carbons (Fsp3) is 0.378. The van der Waals surface area contributed by atoms with Gasteiger partial charge in [-0.3, -0.25) is 14.4 Å². The summed E-state index contributed by atoms with van der Waals surface area (Å²) in [7, 11) is 0. The van der Waals surface area contributed by atoms with Crippen molar-refractivity contribution in [2.75, 3.05) is 30.0 Å². The van der Waals surface area contributed by atoms with Crippen molar-refractivity contribution < 1.29 is 24.8 Å². The molecule has 3 aliphatic heterocycles. The van der Waals surface area contributed by atoms with Gasteiger partial charge < -0.3 is 30.0 Å². The molecule has 1 atom stereocenters. The van der Waals surface area contributed by atoms with Gasteiger partial charge in [0, 0.05) is 60.2 Å². The number of amides is 2. The molecule has 46 heavy (non-hydrogen) atoms. The number of ether oxygens (including phenoxy) is 2. The number of hydrogen-bond donors (Lipinski definition) is 3. The van der Waals surface area contributed by atoms with E-state index in [2.05, 4.69) is 39.6 Å². The summed E-state index contributed by atoms with van der Waals surface area (Å²) in [5.74, 6) is 0.576. The van der Waals surface area contributed by atoms with Crippen molar-refractivity contribution in [1.29, 1.82) is 0 Å². The first kappa shape index (κ1) is 31.4. The predicted octanol–water partition coefficient (Wildman–Crippen LogP) is 6.38. The highest BCUT2D eigenvalue weighted by atomic mass is 16.5. The third-order valence-electron chi connectivity index (χ3n) is 9.49. The number of fused-ring (bicyclic) bond motifs is 2. The van der Waals surface area contributed by atoms with Gasteiger partial charge >= 0.3 is 5.71 Å². The van der Waals surface area contributed by atoms with E-state index < -0.39 is 5.41 Å². The fourth-order valence-electron chi connectivity index (χ4n) is 7.09. The first-order valence-electron chi connectivity index (χ1n) is 16.0. The summed E-state index contributed by atoms with van der Waals surface area (Å²) < 4.78 is 11.4. The second kappa shape index (κ2) is 12.3. The zero-order valence-electron chi connectivity index (χ0n) is 31.4. The van der Waals surface area contributed by atoms with Crippen LogP contribution in [0.15, 0.2) is 64.8 Å². The molecule has 1 fully saturated rings. The molecule has 0 radical (unpaired) electrons. The summed E-state index contributed by atoms with van der Waals surface area (Å²) in [6.45, 7) is 13.6. The number of nitrogens with zero attached hydrogens (tertiary/aromatic N) is 1. The lowest BCUT2D eigenvalue weighted by molar-refractivity contribution is -0.124. The number of aryl methyl sites for hydroxylation is 2. The fourth-order valence-corrected chi connectivity index (χ4v) is 7.09. The zero-order chi connectivity index (χ0) is 32.7. The van der Waals surface area contributed by atoms with Crippen molar-refractivity contribution >= 4 is 23.2 Å². The Balaban J connectivity index is 0.00000217. The highest BCUT2D eigenvalue weighted by Gasteiger charge is 2.47. The number of nitrogens with one attached hydrogen (secondary N) is 3. The molecule has 0 aliphatic carbocycles. The molecule has 3 N–H and O–H groups in total. The predicted molar refractivity (Wildman–Crippen MR) is 185 cm³/mol. The van der Waals surface area contributed by atoms with Crippen LogP contribution in [-0.2, 0) is 26.2 Å². The smallest absolute Gasteiger partial charge is 0.491 e. The third kappa shape index (κ3) is 5.64. The lowest BCUT2D eigenvalue weighted by atomic mass is 9.75. The Bertz CT molecular complexity index is 1870. The molecule has 9 nitrogen and oxygen atoms in total. The van der Waals surface area contributed by atoms with Crippen LogP contribution in [0, 0.1) is 20.8 Å². The van der Waals surface area contributed by atoms with E-state index in [0.717, 1.165) is 56.3 Å². The van der Waals surface area contributed by atoms with Crippen LogP contribution in [0.4, 0.5) is 11.4 Å². The number of H-pyrrole nitrogens is 1. The molecule has 6 rings (SSSR count). The zero-order valence-corrected chi connectivity index (χ0v) is 27.4. The number of pyridine rings is 1. The Kier molecular flexibility index (Phi) is 8.37. The van der Waals surface area contributed by atoms with E-state index in [1.807, 2.05) is 71.0 Å². The van der Waals surface area contributed by atoms with Gasteiger partial charge in [0.25, 0.3) is 11.5 Å². The minimum Gasteiger partial charge on any atom is -0.491 e. The van der Waals surface area contributed by atoms with E-state index >= 15 is 0 Å². The molecule has 1 aromatic heterocycles. The van der Waals surface area contributed by atoms with Gasteiger partial charge in [-0.1, -0.05) is 12.1 Å². The lowest BCUT2D eigenvalue weighted by Gasteiger charge is -2.31. The largest absolute Gasteiger partial charge is 1.00 e. The highest BCUT2D eigenvalue weighted by molar-refractivity contribution is 6.07. The molecule has 4 heterocycles. The summed E-state index contributed by atoms with van der Waals surface area (Å²) in [4.78, 5) is 44.9. The van der Waals surface area contributed by atoms with Crippen molar-refractivity contribution in [3.05, 3.63) is 104 Å². The van der Waals surface area contributed by atoms with E-state index in [1.54, 1.807) is 0 Å².